The number of phenolic OH excluding ortho intramolecular Hbond substituents is 1. The Bertz CT molecular complexity index is 1310. The Morgan fingerprint density at radius 3 is 2.32 bits per heavy atom. The minimum atomic E-state index is -2.67. The van der Waals surface area contributed by atoms with E-state index in [1.807, 2.05) is 27.7 Å². The number of primary amides is 1. The SMILES string of the molecule is CC1(C)CC(N[C@H]2C(=O)C(C(N)=O)=C(O)[C@@]3(O)C(=O)C4=C(O)c5c(O)cccc5C[C@H]4C[C@@H]23)CC(C)(C)O1. The van der Waals surface area contributed by atoms with Gasteiger partial charge in [0.2, 0.25) is 5.78 Å². The summed E-state index contributed by atoms with van der Waals surface area (Å²) >= 11 is 0. The van der Waals surface area contributed by atoms with E-state index in [2.05, 4.69) is 5.32 Å². The zero-order valence-corrected chi connectivity index (χ0v) is 21.9. The fourth-order valence-electron chi connectivity index (χ4n) is 7.27. The summed E-state index contributed by atoms with van der Waals surface area (Å²) in [6, 6.07) is 3.25. The van der Waals surface area contributed by atoms with Crippen LogP contribution in [0.5, 0.6) is 5.75 Å². The van der Waals surface area contributed by atoms with E-state index in [1.165, 1.54) is 6.07 Å². The van der Waals surface area contributed by atoms with Crippen LogP contribution in [0.4, 0.5) is 0 Å². The summed E-state index contributed by atoms with van der Waals surface area (Å²) in [7, 11) is 0. The highest BCUT2D eigenvalue weighted by atomic mass is 16.5. The molecule has 1 saturated carbocycles. The van der Waals surface area contributed by atoms with Gasteiger partial charge in [0.25, 0.3) is 5.91 Å². The van der Waals surface area contributed by atoms with Crippen molar-refractivity contribution in [2.45, 2.75) is 82.3 Å². The zero-order chi connectivity index (χ0) is 27.9. The molecule has 7 N–H and O–H groups in total. The maximum Gasteiger partial charge on any atom is 0.255 e. The number of hydrogen-bond acceptors (Lipinski definition) is 9. The minimum absolute atomic E-state index is 0.0479. The first-order chi connectivity index (χ1) is 17.6. The molecule has 1 aromatic carbocycles. The van der Waals surface area contributed by atoms with E-state index in [0.29, 0.717) is 18.4 Å². The Morgan fingerprint density at radius 2 is 1.71 bits per heavy atom. The molecule has 1 heterocycles. The average molecular weight is 527 g/mol. The van der Waals surface area contributed by atoms with Gasteiger partial charge >= 0.3 is 0 Å². The van der Waals surface area contributed by atoms with E-state index >= 15 is 0 Å². The molecule has 1 aromatic rings. The molecular weight excluding hydrogens is 492 g/mol. The topological polar surface area (TPSA) is 179 Å². The van der Waals surface area contributed by atoms with Crippen molar-refractivity contribution in [3.8, 4) is 5.75 Å². The van der Waals surface area contributed by atoms with Gasteiger partial charge in [0.05, 0.1) is 22.8 Å². The van der Waals surface area contributed by atoms with Crippen LogP contribution in [0.1, 0.15) is 58.1 Å². The van der Waals surface area contributed by atoms with Gasteiger partial charge in [0.15, 0.2) is 11.4 Å². The Hall–Kier alpha value is -3.21. The molecule has 10 heteroatoms. The third-order valence-corrected chi connectivity index (χ3v) is 8.38. The summed E-state index contributed by atoms with van der Waals surface area (Å²) < 4.78 is 6.15. The number of aromatic hydroxyl groups is 1. The van der Waals surface area contributed by atoms with Gasteiger partial charge in [0, 0.05) is 17.5 Å². The monoisotopic (exact) mass is 526 g/mol. The average Bonchev–Trinajstić information content (AvgIpc) is 2.76. The van der Waals surface area contributed by atoms with Gasteiger partial charge in [-0.2, -0.15) is 0 Å². The molecule has 4 atom stereocenters. The van der Waals surface area contributed by atoms with Crippen LogP contribution in [-0.4, -0.2) is 66.8 Å². The van der Waals surface area contributed by atoms with E-state index in [0.717, 1.165) is 0 Å². The second-order valence-electron chi connectivity index (χ2n) is 12.2. The summed E-state index contributed by atoms with van der Waals surface area (Å²) in [5.74, 6) is -6.62. The number of carbonyl (C=O) groups excluding carboxylic acids is 3. The molecule has 2 fully saturated rings. The highest BCUT2D eigenvalue weighted by Crippen LogP contribution is 2.52. The number of nitrogens with two attached hydrogens (primary N) is 1. The highest BCUT2D eigenvalue weighted by Gasteiger charge is 2.64. The van der Waals surface area contributed by atoms with Crippen LogP contribution in [0.25, 0.3) is 5.76 Å². The molecule has 204 valence electrons. The number of amides is 1. The first-order valence-electron chi connectivity index (χ1n) is 12.8. The van der Waals surface area contributed by atoms with Gasteiger partial charge in [-0.3, -0.25) is 14.4 Å². The number of rotatable bonds is 3. The largest absolute Gasteiger partial charge is 0.508 e. The van der Waals surface area contributed by atoms with Gasteiger partial charge in [-0.25, -0.2) is 0 Å². The summed E-state index contributed by atoms with van der Waals surface area (Å²) in [5, 5.41) is 47.6. The summed E-state index contributed by atoms with van der Waals surface area (Å²) in [6.45, 7) is 7.73. The maximum absolute atomic E-state index is 13.9. The van der Waals surface area contributed by atoms with Crippen LogP contribution < -0.4 is 11.1 Å². The molecule has 0 spiro atoms. The molecule has 1 amide bonds. The van der Waals surface area contributed by atoms with E-state index in [9.17, 15) is 34.8 Å². The fraction of sp³-hybridized carbons (Fsp3) is 0.536. The number of benzene rings is 1. The number of nitrogens with one attached hydrogen (secondary N) is 1. The number of carbonyl (C=O) groups is 3. The predicted octanol–water partition coefficient (Wildman–Crippen LogP) is 1.73. The molecule has 10 nitrogen and oxygen atoms in total. The Balaban J connectivity index is 1.62. The van der Waals surface area contributed by atoms with Crippen LogP contribution in [0.15, 0.2) is 35.1 Å². The van der Waals surface area contributed by atoms with Crippen molar-refractivity contribution in [1.29, 1.82) is 0 Å². The van der Waals surface area contributed by atoms with Crippen LogP contribution in [0.2, 0.25) is 0 Å². The summed E-state index contributed by atoms with van der Waals surface area (Å²) in [6.07, 6.45) is 1.35. The summed E-state index contributed by atoms with van der Waals surface area (Å²) in [5.41, 5.74) is 1.43. The molecular formula is C28H34N2O8. The van der Waals surface area contributed by atoms with Gasteiger partial charge in [-0.15, -0.1) is 0 Å². The van der Waals surface area contributed by atoms with Crippen molar-refractivity contribution in [3.63, 3.8) is 0 Å². The molecule has 5 rings (SSSR count). The molecule has 0 unspecified atom stereocenters. The lowest BCUT2D eigenvalue weighted by Crippen LogP contribution is -2.68. The number of ketones is 2. The fourth-order valence-corrected chi connectivity index (χ4v) is 7.27. The molecule has 1 saturated heterocycles. The van der Waals surface area contributed by atoms with E-state index < -0.39 is 69.2 Å². The van der Waals surface area contributed by atoms with Crippen molar-refractivity contribution in [3.05, 3.63) is 46.2 Å². The lowest BCUT2D eigenvalue weighted by molar-refractivity contribution is -0.169. The number of fused-ring (bicyclic) bond motifs is 3. The highest BCUT2D eigenvalue weighted by molar-refractivity contribution is 6.24. The van der Waals surface area contributed by atoms with E-state index in [1.54, 1.807) is 12.1 Å². The lowest BCUT2D eigenvalue weighted by atomic mass is 9.57. The second-order valence-corrected chi connectivity index (χ2v) is 12.2. The van der Waals surface area contributed by atoms with Crippen molar-refractivity contribution in [1.82, 2.24) is 5.32 Å². The van der Waals surface area contributed by atoms with Gasteiger partial charge in [-0.05, 0) is 70.9 Å². The van der Waals surface area contributed by atoms with Crippen molar-refractivity contribution < 1.29 is 39.5 Å². The van der Waals surface area contributed by atoms with Gasteiger partial charge < -0.3 is 36.2 Å². The number of hydrogen-bond donors (Lipinski definition) is 6. The zero-order valence-electron chi connectivity index (χ0n) is 21.9. The van der Waals surface area contributed by atoms with E-state index in [4.69, 9.17) is 10.5 Å². The van der Waals surface area contributed by atoms with Crippen molar-refractivity contribution in [2.24, 2.45) is 17.6 Å². The Labute approximate surface area is 220 Å². The molecule has 3 aliphatic carbocycles. The Kier molecular flexibility index (Phi) is 5.83. The molecule has 0 radical (unpaired) electrons. The number of Topliss-reactive ketones (excluding diaryl/α,β-unsaturated/α-hetero) is 2. The first kappa shape index (κ1) is 26.4. The van der Waals surface area contributed by atoms with Gasteiger partial charge in [-0.1, -0.05) is 12.1 Å². The van der Waals surface area contributed by atoms with Crippen molar-refractivity contribution >= 4 is 23.2 Å². The van der Waals surface area contributed by atoms with Crippen LogP contribution >= 0.6 is 0 Å². The first-order valence-corrected chi connectivity index (χ1v) is 12.8. The van der Waals surface area contributed by atoms with Gasteiger partial charge in [0.1, 0.15) is 22.8 Å². The number of aliphatic hydroxyl groups is 3. The number of ether oxygens (including phenoxy) is 1. The lowest BCUT2D eigenvalue weighted by Gasteiger charge is -2.51. The quantitative estimate of drug-likeness (QED) is 0.320. The third-order valence-electron chi connectivity index (χ3n) is 8.38. The molecule has 38 heavy (non-hydrogen) atoms. The smallest absolute Gasteiger partial charge is 0.255 e. The summed E-state index contributed by atoms with van der Waals surface area (Å²) in [4.78, 5) is 39.9. The second kappa shape index (κ2) is 8.39. The molecule has 1 aliphatic heterocycles. The third kappa shape index (κ3) is 3.85. The predicted molar refractivity (Wildman–Crippen MR) is 136 cm³/mol. The maximum atomic E-state index is 13.9. The molecule has 0 aromatic heterocycles. The number of phenols is 1. The molecule has 4 aliphatic rings. The Morgan fingerprint density at radius 1 is 1.08 bits per heavy atom. The van der Waals surface area contributed by atoms with Crippen LogP contribution in [-0.2, 0) is 25.5 Å². The minimum Gasteiger partial charge on any atom is -0.508 e. The molecule has 0 bridgehead atoms. The van der Waals surface area contributed by atoms with E-state index in [-0.39, 0.29) is 35.8 Å². The van der Waals surface area contributed by atoms with Crippen LogP contribution in [0.3, 0.4) is 0 Å². The standard InChI is InChI=1S/C28H34N2O8/c1-26(2)10-14(11-27(3,4)38-26)30-20-15-9-13-8-12-6-5-7-16(31)17(12)21(32)18(13)23(34)28(15,37)24(35)19(22(20)33)25(29)36/h5-7,13-15,20,30-32,35,37H,8-11H2,1-4H3,(H2,29,36)/t13-,15-,20+,28-/m0/s1. The number of aliphatic hydroxyl groups excluding tert-OH is 2. The van der Waals surface area contributed by atoms with Crippen molar-refractivity contribution in [2.75, 3.05) is 0 Å². The normalized spacial score (nSPS) is 32.5. The van der Waals surface area contributed by atoms with Crippen LogP contribution in [0, 0.1) is 11.8 Å².